The van der Waals surface area contributed by atoms with Crippen molar-refractivity contribution in [1.82, 2.24) is 5.32 Å². The Kier molecular flexibility index (Phi) is 3.93. The minimum absolute atomic E-state index is 0.241. The first-order chi connectivity index (χ1) is 9.22. The summed E-state index contributed by atoms with van der Waals surface area (Å²) in [5.41, 5.74) is 0.241. The molecule has 1 N–H and O–H groups in total. The molecule has 0 radical (unpaired) electrons. The van der Waals surface area contributed by atoms with Gasteiger partial charge < -0.3 is 10.1 Å². The van der Waals surface area contributed by atoms with Gasteiger partial charge in [0.05, 0.1) is 5.56 Å². The Hall–Kier alpha value is -2.62. The Morgan fingerprint density at radius 2 is 1.58 bits per heavy atom. The minimum atomic E-state index is -0.663. The van der Waals surface area contributed by atoms with E-state index in [0.29, 0.717) is 11.5 Å². The lowest BCUT2D eigenvalue weighted by molar-refractivity contribution is -0.116. The van der Waals surface area contributed by atoms with Gasteiger partial charge in [0, 0.05) is 7.05 Å². The van der Waals surface area contributed by atoms with Crippen molar-refractivity contribution in [3.63, 3.8) is 0 Å². The summed E-state index contributed by atoms with van der Waals surface area (Å²) in [5, 5.41) is 2.31. The van der Waals surface area contributed by atoms with E-state index in [1.54, 1.807) is 36.4 Å². The zero-order valence-electron chi connectivity index (χ0n) is 10.4. The molecule has 0 saturated carbocycles. The number of para-hydroxylation sites is 2. The lowest BCUT2D eigenvalue weighted by Gasteiger charge is -2.09. The third kappa shape index (κ3) is 2.98. The molecule has 0 aliphatic carbocycles. The van der Waals surface area contributed by atoms with Crippen LogP contribution in [0.5, 0.6) is 11.5 Å². The average Bonchev–Trinajstić information content (AvgIpc) is 2.47. The summed E-state index contributed by atoms with van der Waals surface area (Å²) < 4.78 is 5.62. The van der Waals surface area contributed by atoms with E-state index >= 15 is 0 Å². The number of benzene rings is 2. The fourth-order valence-electron chi connectivity index (χ4n) is 1.59. The fourth-order valence-corrected chi connectivity index (χ4v) is 1.59. The van der Waals surface area contributed by atoms with E-state index in [1.165, 1.54) is 7.05 Å². The zero-order chi connectivity index (χ0) is 13.7. The zero-order valence-corrected chi connectivity index (χ0v) is 10.4. The SMILES string of the molecule is CNC(=O)C(=O)c1ccccc1Oc1ccccc1. The van der Waals surface area contributed by atoms with Crippen LogP contribution >= 0.6 is 0 Å². The average molecular weight is 255 g/mol. The van der Waals surface area contributed by atoms with Crippen molar-refractivity contribution in [1.29, 1.82) is 0 Å². The molecule has 0 fully saturated rings. The highest BCUT2D eigenvalue weighted by Crippen LogP contribution is 2.25. The van der Waals surface area contributed by atoms with E-state index < -0.39 is 11.7 Å². The monoisotopic (exact) mass is 255 g/mol. The molecular weight excluding hydrogens is 242 g/mol. The van der Waals surface area contributed by atoms with Gasteiger partial charge in [-0.25, -0.2) is 0 Å². The molecule has 0 spiro atoms. The Morgan fingerprint density at radius 3 is 2.26 bits per heavy atom. The van der Waals surface area contributed by atoms with Crippen molar-refractivity contribution in [2.24, 2.45) is 0 Å². The number of amides is 1. The molecule has 0 saturated heterocycles. The highest BCUT2D eigenvalue weighted by molar-refractivity contribution is 6.43. The largest absolute Gasteiger partial charge is 0.457 e. The molecule has 0 aromatic heterocycles. The maximum Gasteiger partial charge on any atom is 0.292 e. The van der Waals surface area contributed by atoms with Gasteiger partial charge in [-0.15, -0.1) is 0 Å². The van der Waals surface area contributed by atoms with Gasteiger partial charge in [-0.3, -0.25) is 9.59 Å². The molecule has 19 heavy (non-hydrogen) atoms. The van der Waals surface area contributed by atoms with Crippen LogP contribution in [0.1, 0.15) is 10.4 Å². The second-order valence-electron chi connectivity index (χ2n) is 3.82. The van der Waals surface area contributed by atoms with E-state index in [9.17, 15) is 9.59 Å². The van der Waals surface area contributed by atoms with Gasteiger partial charge in [-0.1, -0.05) is 30.3 Å². The Bertz CT molecular complexity index is 593. The molecule has 0 aliphatic heterocycles. The van der Waals surface area contributed by atoms with Gasteiger partial charge in [0.25, 0.3) is 11.7 Å². The van der Waals surface area contributed by atoms with E-state index in [-0.39, 0.29) is 5.56 Å². The molecule has 4 nitrogen and oxygen atoms in total. The smallest absolute Gasteiger partial charge is 0.292 e. The van der Waals surface area contributed by atoms with Gasteiger partial charge in [0.2, 0.25) is 0 Å². The highest BCUT2D eigenvalue weighted by Gasteiger charge is 2.19. The van der Waals surface area contributed by atoms with Crippen LogP contribution in [0, 0.1) is 0 Å². The maximum absolute atomic E-state index is 11.9. The molecule has 1 amide bonds. The lowest BCUT2D eigenvalue weighted by atomic mass is 10.1. The van der Waals surface area contributed by atoms with E-state index in [2.05, 4.69) is 5.32 Å². The third-order valence-corrected chi connectivity index (χ3v) is 2.54. The molecule has 2 aromatic rings. The third-order valence-electron chi connectivity index (χ3n) is 2.54. The second-order valence-corrected chi connectivity index (χ2v) is 3.82. The van der Waals surface area contributed by atoms with Crippen molar-refractivity contribution in [2.45, 2.75) is 0 Å². The number of likely N-dealkylation sites (N-methyl/N-ethyl adjacent to an activating group) is 1. The summed E-state index contributed by atoms with van der Waals surface area (Å²) in [5.74, 6) is -0.305. The number of Topliss-reactive ketones (excluding diaryl/α,β-unsaturated/α-hetero) is 1. The van der Waals surface area contributed by atoms with Gasteiger partial charge in [-0.05, 0) is 24.3 Å². The molecule has 0 atom stereocenters. The first kappa shape index (κ1) is 12.8. The number of hydrogen-bond acceptors (Lipinski definition) is 3. The van der Waals surface area contributed by atoms with E-state index in [4.69, 9.17) is 4.74 Å². The number of carbonyl (C=O) groups excluding carboxylic acids is 2. The molecule has 0 aliphatic rings. The molecular formula is C15H13NO3. The standard InChI is InChI=1S/C15H13NO3/c1-16-15(18)14(17)12-9-5-6-10-13(12)19-11-7-3-2-4-8-11/h2-10H,1H3,(H,16,18). The number of hydrogen-bond donors (Lipinski definition) is 1. The quantitative estimate of drug-likeness (QED) is 0.674. The molecule has 2 rings (SSSR count). The maximum atomic E-state index is 11.9. The van der Waals surface area contributed by atoms with Gasteiger partial charge in [0.15, 0.2) is 0 Å². The van der Waals surface area contributed by atoms with Crippen LogP contribution in [0.3, 0.4) is 0 Å². The number of ether oxygens (including phenoxy) is 1. The van der Waals surface area contributed by atoms with E-state index in [1.807, 2.05) is 18.2 Å². The first-order valence-corrected chi connectivity index (χ1v) is 5.80. The van der Waals surface area contributed by atoms with Gasteiger partial charge >= 0.3 is 0 Å². The van der Waals surface area contributed by atoms with Crippen molar-refractivity contribution in [3.8, 4) is 11.5 Å². The number of nitrogens with one attached hydrogen (secondary N) is 1. The predicted octanol–water partition coefficient (Wildman–Crippen LogP) is 2.41. The van der Waals surface area contributed by atoms with Gasteiger partial charge in [-0.2, -0.15) is 0 Å². The van der Waals surface area contributed by atoms with Crippen LogP contribution in [-0.2, 0) is 4.79 Å². The summed E-state index contributed by atoms with van der Waals surface area (Å²) in [6.45, 7) is 0. The van der Waals surface area contributed by atoms with Crippen molar-refractivity contribution in [3.05, 3.63) is 60.2 Å². The molecule has 0 bridgehead atoms. The first-order valence-electron chi connectivity index (χ1n) is 5.80. The molecule has 4 heteroatoms. The fraction of sp³-hybridized carbons (Fsp3) is 0.0667. The number of ketones is 1. The van der Waals surface area contributed by atoms with Crippen LogP contribution in [0.25, 0.3) is 0 Å². The minimum Gasteiger partial charge on any atom is -0.457 e. The summed E-state index contributed by atoms with van der Waals surface area (Å²) in [7, 11) is 1.42. The van der Waals surface area contributed by atoms with Crippen molar-refractivity contribution >= 4 is 11.7 Å². The number of rotatable bonds is 4. The Labute approximate surface area is 111 Å². The van der Waals surface area contributed by atoms with Crippen molar-refractivity contribution < 1.29 is 14.3 Å². The summed E-state index contributed by atoms with van der Waals surface area (Å²) in [4.78, 5) is 23.3. The highest BCUT2D eigenvalue weighted by atomic mass is 16.5. The molecule has 2 aromatic carbocycles. The molecule has 0 heterocycles. The van der Waals surface area contributed by atoms with Crippen LogP contribution in [0.2, 0.25) is 0 Å². The summed E-state index contributed by atoms with van der Waals surface area (Å²) in [6, 6.07) is 15.7. The summed E-state index contributed by atoms with van der Waals surface area (Å²) >= 11 is 0. The van der Waals surface area contributed by atoms with Crippen molar-refractivity contribution in [2.75, 3.05) is 7.05 Å². The van der Waals surface area contributed by atoms with Crippen LogP contribution in [-0.4, -0.2) is 18.7 Å². The Morgan fingerprint density at radius 1 is 0.947 bits per heavy atom. The predicted molar refractivity (Wildman–Crippen MR) is 71.4 cm³/mol. The van der Waals surface area contributed by atoms with Crippen LogP contribution < -0.4 is 10.1 Å². The molecule has 96 valence electrons. The molecule has 0 unspecified atom stereocenters. The van der Waals surface area contributed by atoms with Crippen LogP contribution in [0.4, 0.5) is 0 Å². The van der Waals surface area contributed by atoms with Gasteiger partial charge in [0.1, 0.15) is 11.5 Å². The number of carbonyl (C=O) groups is 2. The Balaban J connectivity index is 2.31. The second kappa shape index (κ2) is 5.82. The normalized spacial score (nSPS) is 9.74. The topological polar surface area (TPSA) is 55.4 Å². The lowest BCUT2D eigenvalue weighted by Crippen LogP contribution is -2.27. The summed E-state index contributed by atoms with van der Waals surface area (Å²) in [6.07, 6.45) is 0. The van der Waals surface area contributed by atoms with Crippen LogP contribution in [0.15, 0.2) is 54.6 Å². The van der Waals surface area contributed by atoms with E-state index in [0.717, 1.165) is 0 Å².